The van der Waals surface area contributed by atoms with Gasteiger partial charge in [0.25, 0.3) is 0 Å². The average Bonchev–Trinajstić information content (AvgIpc) is 3.18. The van der Waals surface area contributed by atoms with Crippen LogP contribution in [0.2, 0.25) is 0 Å². The van der Waals surface area contributed by atoms with Gasteiger partial charge in [-0.3, -0.25) is 9.58 Å². The summed E-state index contributed by atoms with van der Waals surface area (Å²) < 4.78 is 6.76. The van der Waals surface area contributed by atoms with E-state index in [0.717, 1.165) is 39.1 Å². The molecule has 3 rings (SSSR count). The molecule has 1 fully saturated rings. The standard InChI is InChI=1S/C20H30N6O2/c1-28-15-14-26-17-18(16-22-26)23-20(27)21-8-5-9-24-10-12-25(13-11-24)19-6-3-2-4-7-19/h2-4,6-7,16-17H,5,8-15H2,1H3,(H2,21,23,27). The van der Waals surface area contributed by atoms with Crippen molar-refractivity contribution in [3.05, 3.63) is 42.7 Å². The molecule has 0 atom stereocenters. The number of benzene rings is 1. The van der Waals surface area contributed by atoms with Crippen LogP contribution in [0.15, 0.2) is 42.7 Å². The maximum absolute atomic E-state index is 12.0. The first-order valence-corrected chi connectivity index (χ1v) is 9.83. The molecular formula is C20H30N6O2. The highest BCUT2D eigenvalue weighted by Crippen LogP contribution is 2.15. The van der Waals surface area contributed by atoms with Crippen molar-refractivity contribution in [1.82, 2.24) is 20.0 Å². The Morgan fingerprint density at radius 3 is 2.68 bits per heavy atom. The van der Waals surface area contributed by atoms with E-state index in [1.165, 1.54) is 5.69 Å². The summed E-state index contributed by atoms with van der Waals surface area (Å²) in [6, 6.07) is 10.4. The molecule has 2 N–H and O–H groups in total. The van der Waals surface area contributed by atoms with Crippen molar-refractivity contribution in [3.8, 4) is 0 Å². The predicted octanol–water partition coefficient (Wildman–Crippen LogP) is 1.86. The number of nitrogens with one attached hydrogen (secondary N) is 2. The van der Waals surface area contributed by atoms with Gasteiger partial charge in [-0.25, -0.2) is 4.79 Å². The van der Waals surface area contributed by atoms with Gasteiger partial charge in [0.05, 0.1) is 25.0 Å². The van der Waals surface area contributed by atoms with E-state index in [1.54, 1.807) is 24.2 Å². The second-order valence-corrected chi connectivity index (χ2v) is 6.88. The molecular weight excluding hydrogens is 356 g/mol. The fourth-order valence-electron chi connectivity index (χ4n) is 3.28. The zero-order valence-electron chi connectivity index (χ0n) is 16.5. The zero-order valence-corrected chi connectivity index (χ0v) is 16.5. The van der Waals surface area contributed by atoms with Gasteiger partial charge in [-0.15, -0.1) is 0 Å². The summed E-state index contributed by atoms with van der Waals surface area (Å²) in [5.74, 6) is 0. The van der Waals surface area contributed by atoms with Gasteiger partial charge in [-0.2, -0.15) is 5.10 Å². The summed E-state index contributed by atoms with van der Waals surface area (Å²) in [6.07, 6.45) is 4.37. The van der Waals surface area contributed by atoms with Gasteiger partial charge < -0.3 is 20.3 Å². The molecule has 28 heavy (non-hydrogen) atoms. The van der Waals surface area contributed by atoms with E-state index < -0.39 is 0 Å². The number of methoxy groups -OCH3 is 1. The Balaban J connectivity index is 1.27. The summed E-state index contributed by atoms with van der Waals surface area (Å²) in [6.45, 7) is 7.12. The van der Waals surface area contributed by atoms with Crippen LogP contribution in [-0.4, -0.2) is 73.7 Å². The molecule has 8 heteroatoms. The van der Waals surface area contributed by atoms with E-state index >= 15 is 0 Å². The van der Waals surface area contributed by atoms with Crippen LogP contribution in [0.3, 0.4) is 0 Å². The lowest BCUT2D eigenvalue weighted by atomic mass is 10.2. The number of hydrogen-bond donors (Lipinski definition) is 2. The van der Waals surface area contributed by atoms with Crippen molar-refractivity contribution in [2.45, 2.75) is 13.0 Å². The zero-order chi connectivity index (χ0) is 19.6. The molecule has 0 unspecified atom stereocenters. The molecule has 2 heterocycles. The maximum Gasteiger partial charge on any atom is 0.319 e. The van der Waals surface area contributed by atoms with Gasteiger partial charge in [0, 0.05) is 51.7 Å². The lowest BCUT2D eigenvalue weighted by Gasteiger charge is -2.36. The SMILES string of the molecule is COCCn1cc(NC(=O)NCCCN2CCN(c3ccccc3)CC2)cn1. The number of nitrogens with zero attached hydrogens (tertiary/aromatic N) is 4. The summed E-state index contributed by atoms with van der Waals surface area (Å²) in [5, 5.41) is 9.89. The minimum absolute atomic E-state index is 0.194. The van der Waals surface area contributed by atoms with Gasteiger partial charge in [0.2, 0.25) is 0 Å². The number of anilines is 2. The monoisotopic (exact) mass is 386 g/mol. The highest BCUT2D eigenvalue weighted by Gasteiger charge is 2.16. The van der Waals surface area contributed by atoms with Crippen LogP contribution in [0.4, 0.5) is 16.2 Å². The number of amides is 2. The third-order valence-corrected chi connectivity index (χ3v) is 4.85. The lowest BCUT2D eigenvalue weighted by molar-refractivity contribution is 0.183. The number of para-hydroxylation sites is 1. The summed E-state index contributed by atoms with van der Waals surface area (Å²) in [5.41, 5.74) is 1.98. The minimum Gasteiger partial charge on any atom is -0.383 e. The number of aromatic nitrogens is 2. The molecule has 0 spiro atoms. The van der Waals surface area contributed by atoms with E-state index in [1.807, 2.05) is 0 Å². The normalized spacial score (nSPS) is 14.8. The Morgan fingerprint density at radius 1 is 1.14 bits per heavy atom. The number of carbonyl (C=O) groups is 1. The van der Waals surface area contributed by atoms with Crippen LogP contribution in [-0.2, 0) is 11.3 Å². The van der Waals surface area contributed by atoms with Crippen molar-refractivity contribution in [2.24, 2.45) is 0 Å². The molecule has 0 saturated carbocycles. The third kappa shape index (κ3) is 6.24. The topological polar surface area (TPSA) is 74.7 Å². The smallest absolute Gasteiger partial charge is 0.319 e. The maximum atomic E-state index is 12.0. The molecule has 0 aliphatic carbocycles. The molecule has 1 aromatic heterocycles. The molecule has 2 aromatic rings. The first-order chi connectivity index (χ1) is 13.7. The molecule has 152 valence electrons. The Hall–Kier alpha value is -2.58. The van der Waals surface area contributed by atoms with E-state index in [-0.39, 0.29) is 6.03 Å². The van der Waals surface area contributed by atoms with Crippen LogP contribution in [0.1, 0.15) is 6.42 Å². The first kappa shape index (κ1) is 20.2. The molecule has 0 radical (unpaired) electrons. The quantitative estimate of drug-likeness (QED) is 0.644. The lowest BCUT2D eigenvalue weighted by Crippen LogP contribution is -2.47. The van der Waals surface area contributed by atoms with Crippen LogP contribution >= 0.6 is 0 Å². The van der Waals surface area contributed by atoms with Gasteiger partial charge in [-0.05, 0) is 25.1 Å². The second kappa shape index (κ2) is 10.7. The minimum atomic E-state index is -0.194. The van der Waals surface area contributed by atoms with E-state index in [4.69, 9.17) is 4.74 Å². The van der Waals surface area contributed by atoms with Crippen molar-refractivity contribution in [2.75, 3.05) is 63.2 Å². The largest absolute Gasteiger partial charge is 0.383 e. The molecule has 1 aromatic carbocycles. The number of urea groups is 1. The summed E-state index contributed by atoms with van der Waals surface area (Å²) in [4.78, 5) is 16.9. The van der Waals surface area contributed by atoms with Crippen molar-refractivity contribution < 1.29 is 9.53 Å². The fourth-order valence-corrected chi connectivity index (χ4v) is 3.28. The Morgan fingerprint density at radius 2 is 1.93 bits per heavy atom. The van der Waals surface area contributed by atoms with Gasteiger partial charge in [0.1, 0.15) is 0 Å². The Labute approximate surface area is 166 Å². The number of hydrogen-bond acceptors (Lipinski definition) is 5. The van der Waals surface area contributed by atoms with Gasteiger partial charge >= 0.3 is 6.03 Å². The van der Waals surface area contributed by atoms with E-state index in [9.17, 15) is 4.79 Å². The van der Waals surface area contributed by atoms with Crippen LogP contribution in [0.25, 0.3) is 0 Å². The number of piperazine rings is 1. The molecule has 1 aliphatic heterocycles. The van der Waals surface area contributed by atoms with Crippen molar-refractivity contribution in [3.63, 3.8) is 0 Å². The van der Waals surface area contributed by atoms with Crippen LogP contribution < -0.4 is 15.5 Å². The van der Waals surface area contributed by atoms with Crippen molar-refractivity contribution in [1.29, 1.82) is 0 Å². The molecule has 1 saturated heterocycles. The molecule has 2 amide bonds. The first-order valence-electron chi connectivity index (χ1n) is 9.83. The fraction of sp³-hybridized carbons (Fsp3) is 0.500. The summed E-state index contributed by atoms with van der Waals surface area (Å²) in [7, 11) is 1.65. The molecule has 1 aliphatic rings. The van der Waals surface area contributed by atoms with Crippen LogP contribution in [0.5, 0.6) is 0 Å². The molecule has 0 bridgehead atoms. The Kier molecular flexibility index (Phi) is 7.69. The highest BCUT2D eigenvalue weighted by atomic mass is 16.5. The highest BCUT2D eigenvalue weighted by molar-refractivity contribution is 5.88. The molecule has 8 nitrogen and oxygen atoms in total. The number of carbonyl (C=O) groups excluding carboxylic acids is 1. The van der Waals surface area contributed by atoms with Crippen molar-refractivity contribution >= 4 is 17.4 Å². The second-order valence-electron chi connectivity index (χ2n) is 6.88. The van der Waals surface area contributed by atoms with E-state index in [0.29, 0.717) is 25.4 Å². The predicted molar refractivity (Wildman–Crippen MR) is 111 cm³/mol. The van der Waals surface area contributed by atoms with Gasteiger partial charge in [-0.1, -0.05) is 18.2 Å². The van der Waals surface area contributed by atoms with E-state index in [2.05, 4.69) is 55.9 Å². The van der Waals surface area contributed by atoms with Gasteiger partial charge in [0.15, 0.2) is 0 Å². The summed E-state index contributed by atoms with van der Waals surface area (Å²) >= 11 is 0. The number of rotatable bonds is 9. The Bertz CT molecular complexity index is 712. The van der Waals surface area contributed by atoms with Crippen LogP contribution in [0, 0.1) is 0 Å². The third-order valence-electron chi connectivity index (χ3n) is 4.85. The number of ether oxygens (including phenoxy) is 1. The average molecular weight is 387 g/mol.